The topological polar surface area (TPSA) is 163 Å². The lowest BCUT2D eigenvalue weighted by atomic mass is 10.0. The van der Waals surface area contributed by atoms with Gasteiger partial charge in [0.25, 0.3) is 5.91 Å². The summed E-state index contributed by atoms with van der Waals surface area (Å²) in [6.45, 7) is 5.51. The normalized spacial score (nSPS) is 26.6. The number of hydrogen-bond donors (Lipinski definition) is 4. The van der Waals surface area contributed by atoms with Gasteiger partial charge in [0, 0.05) is 17.5 Å². The molecule has 0 bridgehead atoms. The van der Waals surface area contributed by atoms with Gasteiger partial charge in [0.1, 0.15) is 23.2 Å². The summed E-state index contributed by atoms with van der Waals surface area (Å²) in [4.78, 5) is 54.8. The van der Waals surface area contributed by atoms with E-state index in [0.29, 0.717) is 43.7 Å². The van der Waals surface area contributed by atoms with Gasteiger partial charge in [-0.2, -0.15) is 8.42 Å². The zero-order valence-corrected chi connectivity index (χ0v) is 26.2. The van der Waals surface area contributed by atoms with Crippen LogP contribution in [0, 0.1) is 5.92 Å². The van der Waals surface area contributed by atoms with Crippen LogP contribution in [0.1, 0.15) is 72.1 Å². The number of allylic oxidation sites excluding steroid dienone is 1. The Kier molecular flexibility index (Phi) is 9.95. The maximum atomic E-state index is 13.7. The molecule has 2 fully saturated rings. The molecule has 4 rings (SSSR count). The van der Waals surface area contributed by atoms with Gasteiger partial charge in [0.2, 0.25) is 11.8 Å². The van der Waals surface area contributed by atoms with Gasteiger partial charge >= 0.3 is 16.3 Å². The molecule has 1 saturated heterocycles. The van der Waals surface area contributed by atoms with Gasteiger partial charge in [-0.25, -0.2) is 9.52 Å². The molecule has 236 valence electrons. The molecule has 1 aliphatic carbocycles. The van der Waals surface area contributed by atoms with E-state index in [1.54, 1.807) is 20.8 Å². The van der Waals surface area contributed by atoms with E-state index in [1.165, 1.54) is 29.2 Å². The van der Waals surface area contributed by atoms with E-state index in [4.69, 9.17) is 16.3 Å². The summed E-state index contributed by atoms with van der Waals surface area (Å²) in [7, 11) is -4.33. The molecule has 12 nitrogen and oxygen atoms in total. The Morgan fingerprint density at radius 3 is 2.49 bits per heavy atom. The van der Waals surface area contributed by atoms with E-state index in [1.807, 2.05) is 12.2 Å². The maximum absolute atomic E-state index is 13.7. The highest BCUT2D eigenvalue weighted by molar-refractivity contribution is 7.91. The third kappa shape index (κ3) is 8.62. The van der Waals surface area contributed by atoms with Crippen LogP contribution in [-0.2, 0) is 29.3 Å². The number of alkyl carbamates (subject to hydrolysis) is 1. The number of rotatable bonds is 5. The summed E-state index contributed by atoms with van der Waals surface area (Å²) < 4.78 is 35.3. The molecule has 1 aromatic carbocycles. The monoisotopic (exact) mass is 637 g/mol. The van der Waals surface area contributed by atoms with Crippen LogP contribution in [0.15, 0.2) is 36.4 Å². The van der Waals surface area contributed by atoms with Gasteiger partial charge in [-0.1, -0.05) is 36.6 Å². The molecule has 2 aliphatic heterocycles. The highest BCUT2D eigenvalue weighted by atomic mass is 35.5. The molecule has 0 spiro atoms. The average Bonchev–Trinajstić information content (AvgIpc) is 3.36. The molecule has 0 radical (unpaired) electrons. The molecular formula is C29H40ClN5O7S. The first-order chi connectivity index (χ1) is 20.2. The van der Waals surface area contributed by atoms with Crippen LogP contribution in [0.25, 0.3) is 0 Å². The van der Waals surface area contributed by atoms with Crippen LogP contribution in [0.3, 0.4) is 0 Å². The lowest BCUT2D eigenvalue weighted by Gasteiger charge is -2.30. The van der Waals surface area contributed by atoms with E-state index in [0.717, 1.165) is 12.8 Å². The number of ether oxygens (including phenoxy) is 1. The first kappa shape index (κ1) is 32.6. The van der Waals surface area contributed by atoms with Crippen LogP contribution < -0.4 is 20.1 Å². The number of carbonyl (C=O) groups is 4. The van der Waals surface area contributed by atoms with Gasteiger partial charge in [0.05, 0.1) is 5.69 Å². The average molecular weight is 638 g/mol. The lowest BCUT2D eigenvalue weighted by molar-refractivity contribution is -0.141. The minimum Gasteiger partial charge on any atom is -0.444 e. The summed E-state index contributed by atoms with van der Waals surface area (Å²) in [5.74, 6) is -2.23. The molecule has 2 heterocycles. The minimum atomic E-state index is -4.33. The number of halogens is 1. The molecule has 4 N–H and O–H groups in total. The molecule has 3 aliphatic rings. The van der Waals surface area contributed by atoms with Crippen molar-refractivity contribution in [3.05, 3.63) is 41.4 Å². The van der Waals surface area contributed by atoms with E-state index in [2.05, 4.69) is 20.1 Å². The molecule has 14 heteroatoms. The molecule has 43 heavy (non-hydrogen) atoms. The van der Waals surface area contributed by atoms with Crippen LogP contribution in [-0.4, -0.2) is 66.9 Å². The number of amides is 4. The summed E-state index contributed by atoms with van der Waals surface area (Å²) in [6.07, 6.45) is 7.57. The smallest absolute Gasteiger partial charge is 0.408 e. The highest BCUT2D eigenvalue weighted by Gasteiger charge is 2.61. The van der Waals surface area contributed by atoms with Crippen molar-refractivity contribution in [2.45, 2.75) is 95.4 Å². The van der Waals surface area contributed by atoms with Crippen molar-refractivity contribution in [1.29, 1.82) is 0 Å². The van der Waals surface area contributed by atoms with Gasteiger partial charge in [0.15, 0.2) is 0 Å². The third-order valence-corrected chi connectivity index (χ3v) is 8.86. The second kappa shape index (κ2) is 13.1. The third-order valence-electron chi connectivity index (χ3n) is 7.65. The van der Waals surface area contributed by atoms with Crippen molar-refractivity contribution in [1.82, 2.24) is 20.3 Å². The van der Waals surface area contributed by atoms with Crippen molar-refractivity contribution in [2.75, 3.05) is 11.3 Å². The predicted octanol–water partition coefficient (Wildman–Crippen LogP) is 3.39. The van der Waals surface area contributed by atoms with Crippen molar-refractivity contribution in [2.24, 2.45) is 5.92 Å². The van der Waals surface area contributed by atoms with E-state index >= 15 is 0 Å². The van der Waals surface area contributed by atoms with Gasteiger partial charge in [-0.3, -0.25) is 19.1 Å². The number of carbonyl (C=O) groups excluding carboxylic acids is 4. The Morgan fingerprint density at radius 2 is 1.79 bits per heavy atom. The summed E-state index contributed by atoms with van der Waals surface area (Å²) >= 11 is 5.87. The Bertz CT molecular complexity index is 1360. The van der Waals surface area contributed by atoms with E-state index < -0.39 is 63.2 Å². The van der Waals surface area contributed by atoms with Crippen LogP contribution >= 0.6 is 11.6 Å². The summed E-state index contributed by atoms with van der Waals surface area (Å²) in [5.41, 5.74) is -2.04. The van der Waals surface area contributed by atoms with Crippen molar-refractivity contribution < 1.29 is 32.3 Å². The van der Waals surface area contributed by atoms with Crippen molar-refractivity contribution >= 4 is 51.3 Å². The molecule has 0 aromatic heterocycles. The molecule has 1 unspecified atom stereocenters. The zero-order valence-electron chi connectivity index (χ0n) is 24.7. The number of nitrogens with zero attached hydrogens (tertiary/aromatic N) is 1. The first-order valence-electron chi connectivity index (χ1n) is 14.6. The molecule has 1 saturated carbocycles. The number of fused-ring (bicyclic) bond motifs is 2. The fourth-order valence-corrected chi connectivity index (χ4v) is 6.50. The fraction of sp³-hybridized carbons (Fsp3) is 0.586. The zero-order chi connectivity index (χ0) is 31.4. The summed E-state index contributed by atoms with van der Waals surface area (Å²) in [5, 5.41) is 5.90. The quantitative estimate of drug-likeness (QED) is 0.360. The predicted molar refractivity (Wildman–Crippen MR) is 161 cm³/mol. The Balaban J connectivity index is 1.53. The molecule has 4 atom stereocenters. The number of hydrogen-bond acceptors (Lipinski definition) is 7. The van der Waals surface area contributed by atoms with Crippen LogP contribution in [0.5, 0.6) is 0 Å². The van der Waals surface area contributed by atoms with Crippen LogP contribution in [0.4, 0.5) is 10.5 Å². The van der Waals surface area contributed by atoms with Crippen molar-refractivity contribution in [3.63, 3.8) is 0 Å². The van der Waals surface area contributed by atoms with Crippen LogP contribution in [0.2, 0.25) is 5.02 Å². The largest absolute Gasteiger partial charge is 0.444 e. The van der Waals surface area contributed by atoms with E-state index in [9.17, 15) is 27.6 Å². The summed E-state index contributed by atoms with van der Waals surface area (Å²) in [6, 6.07) is 4.16. The standard InChI is InChI=1S/C29H40ClN5O7S/c1-28(2,3)42-27(39)31-22-11-8-6-4-5-7-10-19-18-29(19,32-24(36)23-12-9-17-35(23)25(22)37)26(38)34-43(40,41)33-21-15-13-20(30)14-16-21/h7,10,13-16,19,22-23,33H,4-6,8-9,11-12,17-18H2,1-3H3,(H,31,39)(H,32,36)(H,34,38)/t19-,22+,23?,29-/m1/s1. The lowest BCUT2D eigenvalue weighted by Crippen LogP contribution is -2.58. The number of nitrogens with one attached hydrogen (secondary N) is 4. The second-order valence-electron chi connectivity index (χ2n) is 12.3. The Labute approximate surface area is 257 Å². The Hall–Kier alpha value is -3.32. The fourth-order valence-electron chi connectivity index (χ4n) is 5.46. The SMILES string of the molecule is CC(C)(C)OC(=O)N[C@H]1CCCCCC=C[C@@H]2C[C@@]2(C(=O)NS(=O)(=O)Nc2ccc(Cl)cc2)NC(=O)C2CCCN2C1=O. The highest BCUT2D eigenvalue weighted by Crippen LogP contribution is 2.45. The molecule has 4 amide bonds. The van der Waals surface area contributed by atoms with Gasteiger partial charge in [-0.05, 0) is 83.6 Å². The van der Waals surface area contributed by atoms with Gasteiger partial charge in [-0.15, -0.1) is 0 Å². The Morgan fingerprint density at radius 1 is 1.07 bits per heavy atom. The van der Waals surface area contributed by atoms with Crippen molar-refractivity contribution in [3.8, 4) is 0 Å². The first-order valence-corrected chi connectivity index (χ1v) is 16.4. The number of benzene rings is 1. The van der Waals surface area contributed by atoms with Gasteiger partial charge < -0.3 is 20.3 Å². The maximum Gasteiger partial charge on any atom is 0.408 e. The second-order valence-corrected chi connectivity index (χ2v) is 14.1. The van der Waals surface area contributed by atoms with E-state index in [-0.39, 0.29) is 12.1 Å². The number of anilines is 1. The minimum absolute atomic E-state index is 0.204. The molecular weight excluding hydrogens is 598 g/mol. The molecule has 1 aromatic rings.